The van der Waals surface area contributed by atoms with Crippen molar-refractivity contribution in [3.63, 3.8) is 0 Å². The Morgan fingerprint density at radius 2 is 2.40 bits per heavy atom. The molecule has 0 amide bonds. The largest absolute Gasteiger partial charge is 0.481 e. The van der Waals surface area contributed by atoms with Crippen LogP contribution in [0.5, 0.6) is 0 Å². The minimum atomic E-state index is -0.895. The van der Waals surface area contributed by atoms with E-state index in [9.17, 15) is 9.90 Å². The summed E-state index contributed by atoms with van der Waals surface area (Å²) in [6.07, 6.45) is 0.403. The Balaban J connectivity index is 2.95. The number of carboxylic acid groups (broad SMARTS) is 1. The number of thiazole rings is 1. The van der Waals surface area contributed by atoms with Crippen LogP contribution in [0.3, 0.4) is 0 Å². The first-order valence-electron chi connectivity index (χ1n) is 4.83. The summed E-state index contributed by atoms with van der Waals surface area (Å²) in [5.74, 6) is -0.852. The summed E-state index contributed by atoms with van der Waals surface area (Å²) in [5, 5.41) is 11.2. The highest BCUT2D eigenvalue weighted by Gasteiger charge is 2.41. The molecule has 84 valence electrons. The summed E-state index contributed by atoms with van der Waals surface area (Å²) in [5.41, 5.74) is 7.24. The van der Waals surface area contributed by atoms with Crippen molar-refractivity contribution in [1.29, 1.82) is 0 Å². The van der Waals surface area contributed by atoms with Crippen LogP contribution < -0.4 is 5.73 Å². The molecule has 1 unspecified atom stereocenters. The van der Waals surface area contributed by atoms with E-state index in [1.807, 2.05) is 19.2 Å². The number of nitrogens with two attached hydrogens (primary N) is 1. The Morgan fingerprint density at radius 1 is 1.73 bits per heavy atom. The van der Waals surface area contributed by atoms with Crippen LogP contribution in [0.4, 0.5) is 0 Å². The molecule has 0 aliphatic rings. The molecule has 0 spiro atoms. The third-order valence-electron chi connectivity index (χ3n) is 2.88. The molecule has 1 atom stereocenters. The average Bonchev–Trinajstić information content (AvgIpc) is 2.65. The molecule has 0 radical (unpaired) electrons. The van der Waals surface area contributed by atoms with Gasteiger partial charge in [-0.1, -0.05) is 13.8 Å². The Labute approximate surface area is 93.1 Å². The van der Waals surface area contributed by atoms with Crippen LogP contribution in [0, 0.1) is 11.3 Å². The monoisotopic (exact) mass is 228 g/mol. The van der Waals surface area contributed by atoms with Crippen molar-refractivity contribution in [2.45, 2.75) is 20.3 Å². The van der Waals surface area contributed by atoms with Crippen molar-refractivity contribution in [2.75, 3.05) is 6.54 Å². The van der Waals surface area contributed by atoms with Crippen molar-refractivity contribution in [3.8, 4) is 0 Å². The SMILES string of the molecule is CC(C)C(CN)(Cc1cscn1)C(=O)O. The number of aliphatic carboxylic acids is 1. The summed E-state index contributed by atoms with van der Waals surface area (Å²) in [6.45, 7) is 3.90. The van der Waals surface area contributed by atoms with Gasteiger partial charge in [-0.15, -0.1) is 11.3 Å². The van der Waals surface area contributed by atoms with E-state index in [2.05, 4.69) is 4.98 Å². The number of hydrogen-bond donors (Lipinski definition) is 2. The Kier molecular flexibility index (Phi) is 3.82. The van der Waals surface area contributed by atoms with E-state index >= 15 is 0 Å². The first-order chi connectivity index (χ1) is 7.03. The second kappa shape index (κ2) is 4.72. The van der Waals surface area contributed by atoms with E-state index in [4.69, 9.17) is 5.73 Å². The van der Waals surface area contributed by atoms with Gasteiger partial charge in [0.2, 0.25) is 0 Å². The summed E-state index contributed by atoms with van der Waals surface area (Å²) in [6, 6.07) is 0. The average molecular weight is 228 g/mol. The standard InChI is InChI=1S/C10H16N2O2S/c1-7(2)10(5-11,9(13)14)3-8-4-15-6-12-8/h4,6-7H,3,5,11H2,1-2H3,(H,13,14). The number of nitrogens with zero attached hydrogens (tertiary/aromatic N) is 1. The second-order valence-electron chi connectivity index (χ2n) is 3.98. The lowest BCUT2D eigenvalue weighted by Crippen LogP contribution is -2.45. The number of rotatable bonds is 5. The van der Waals surface area contributed by atoms with Crippen LogP contribution in [-0.4, -0.2) is 22.6 Å². The maximum Gasteiger partial charge on any atom is 0.311 e. The number of aromatic nitrogens is 1. The van der Waals surface area contributed by atoms with Gasteiger partial charge >= 0.3 is 5.97 Å². The molecule has 1 rings (SSSR count). The summed E-state index contributed by atoms with van der Waals surface area (Å²) in [7, 11) is 0. The van der Waals surface area contributed by atoms with E-state index < -0.39 is 11.4 Å². The van der Waals surface area contributed by atoms with Crippen LogP contribution in [-0.2, 0) is 11.2 Å². The van der Waals surface area contributed by atoms with Gasteiger partial charge in [-0.3, -0.25) is 4.79 Å². The third kappa shape index (κ3) is 2.35. The Hall–Kier alpha value is -0.940. The molecule has 0 aliphatic heterocycles. The lowest BCUT2D eigenvalue weighted by Gasteiger charge is -2.31. The molecule has 1 aromatic rings. The van der Waals surface area contributed by atoms with E-state index in [-0.39, 0.29) is 12.5 Å². The lowest BCUT2D eigenvalue weighted by atomic mass is 9.74. The van der Waals surface area contributed by atoms with Gasteiger partial charge in [-0.2, -0.15) is 0 Å². The van der Waals surface area contributed by atoms with Gasteiger partial charge in [-0.05, 0) is 5.92 Å². The molecule has 3 N–H and O–H groups in total. The highest BCUT2D eigenvalue weighted by atomic mass is 32.1. The Morgan fingerprint density at radius 3 is 2.73 bits per heavy atom. The first-order valence-corrected chi connectivity index (χ1v) is 5.77. The molecule has 0 saturated carbocycles. The molecule has 1 heterocycles. The molecular formula is C10H16N2O2S. The molecule has 4 nitrogen and oxygen atoms in total. The summed E-state index contributed by atoms with van der Waals surface area (Å²) >= 11 is 1.47. The van der Waals surface area contributed by atoms with Crippen molar-refractivity contribution < 1.29 is 9.90 Å². The van der Waals surface area contributed by atoms with Crippen molar-refractivity contribution in [2.24, 2.45) is 17.1 Å². The molecular weight excluding hydrogens is 212 g/mol. The maximum absolute atomic E-state index is 11.3. The zero-order valence-corrected chi connectivity index (χ0v) is 9.75. The third-order valence-corrected chi connectivity index (χ3v) is 3.51. The second-order valence-corrected chi connectivity index (χ2v) is 4.70. The minimum absolute atomic E-state index is 0.0123. The van der Waals surface area contributed by atoms with Crippen molar-refractivity contribution in [3.05, 3.63) is 16.6 Å². The van der Waals surface area contributed by atoms with Crippen molar-refractivity contribution in [1.82, 2.24) is 4.98 Å². The summed E-state index contributed by atoms with van der Waals surface area (Å²) < 4.78 is 0. The lowest BCUT2D eigenvalue weighted by molar-refractivity contribution is -0.151. The molecule has 1 aromatic heterocycles. The fourth-order valence-corrected chi connectivity index (χ4v) is 2.13. The van der Waals surface area contributed by atoms with E-state index in [0.29, 0.717) is 6.42 Å². The van der Waals surface area contributed by atoms with Gasteiger partial charge in [-0.25, -0.2) is 4.98 Å². The molecule has 0 saturated heterocycles. The van der Waals surface area contributed by atoms with Gasteiger partial charge in [0.1, 0.15) is 0 Å². The van der Waals surface area contributed by atoms with Gasteiger partial charge in [0.25, 0.3) is 0 Å². The van der Waals surface area contributed by atoms with E-state index in [1.165, 1.54) is 11.3 Å². The zero-order valence-electron chi connectivity index (χ0n) is 8.93. The predicted octanol–water partition coefficient (Wildman–Crippen LogP) is 1.37. The quantitative estimate of drug-likeness (QED) is 0.798. The van der Waals surface area contributed by atoms with Crippen LogP contribution >= 0.6 is 11.3 Å². The molecule has 0 aromatic carbocycles. The number of hydrogen-bond acceptors (Lipinski definition) is 4. The number of carboxylic acids is 1. The fraction of sp³-hybridized carbons (Fsp3) is 0.600. The fourth-order valence-electron chi connectivity index (χ4n) is 1.57. The highest BCUT2D eigenvalue weighted by molar-refractivity contribution is 7.07. The molecule has 0 aliphatic carbocycles. The van der Waals surface area contributed by atoms with Gasteiger partial charge in [0.05, 0.1) is 16.6 Å². The molecule has 0 fully saturated rings. The van der Waals surface area contributed by atoms with E-state index in [1.54, 1.807) is 5.51 Å². The maximum atomic E-state index is 11.3. The summed E-state index contributed by atoms with van der Waals surface area (Å²) in [4.78, 5) is 15.4. The van der Waals surface area contributed by atoms with Crippen LogP contribution in [0.25, 0.3) is 0 Å². The molecule has 15 heavy (non-hydrogen) atoms. The van der Waals surface area contributed by atoms with E-state index in [0.717, 1.165) is 5.69 Å². The smallest absolute Gasteiger partial charge is 0.311 e. The van der Waals surface area contributed by atoms with Gasteiger partial charge < -0.3 is 10.8 Å². The van der Waals surface area contributed by atoms with Crippen LogP contribution in [0.15, 0.2) is 10.9 Å². The molecule has 5 heteroatoms. The predicted molar refractivity (Wildman–Crippen MR) is 59.8 cm³/mol. The molecule has 0 bridgehead atoms. The first kappa shape index (κ1) is 12.1. The number of carbonyl (C=O) groups is 1. The van der Waals surface area contributed by atoms with Gasteiger partial charge in [0, 0.05) is 18.3 Å². The Bertz CT molecular complexity index is 324. The van der Waals surface area contributed by atoms with Gasteiger partial charge in [0.15, 0.2) is 0 Å². The van der Waals surface area contributed by atoms with Crippen LogP contribution in [0.2, 0.25) is 0 Å². The normalized spacial score (nSPS) is 15.2. The van der Waals surface area contributed by atoms with Crippen molar-refractivity contribution >= 4 is 17.3 Å². The topological polar surface area (TPSA) is 76.2 Å². The minimum Gasteiger partial charge on any atom is -0.481 e. The zero-order chi connectivity index (χ0) is 11.5. The van der Waals surface area contributed by atoms with Crippen LogP contribution in [0.1, 0.15) is 19.5 Å². The highest BCUT2D eigenvalue weighted by Crippen LogP contribution is 2.31.